The van der Waals surface area contributed by atoms with Crippen LogP contribution in [0.4, 0.5) is 0 Å². The second kappa shape index (κ2) is 8.30. The van der Waals surface area contributed by atoms with Gasteiger partial charge in [0.05, 0.1) is 17.8 Å². The number of benzene rings is 1. The fourth-order valence-corrected chi connectivity index (χ4v) is 7.21. The largest absolute Gasteiger partial charge is 0.334 e. The molecule has 2 saturated heterocycles. The van der Waals surface area contributed by atoms with Gasteiger partial charge in [-0.05, 0) is 51.2 Å². The van der Waals surface area contributed by atoms with E-state index in [0.717, 1.165) is 49.9 Å². The van der Waals surface area contributed by atoms with Crippen molar-refractivity contribution < 1.29 is 9.59 Å². The maximum Gasteiger partial charge on any atom is 0.244 e. The highest BCUT2D eigenvalue weighted by molar-refractivity contribution is 5.79. The maximum atomic E-state index is 13.9. The lowest BCUT2D eigenvalue weighted by Crippen LogP contribution is -2.61. The van der Waals surface area contributed by atoms with Crippen molar-refractivity contribution in [1.29, 1.82) is 0 Å². The summed E-state index contributed by atoms with van der Waals surface area (Å²) in [6.07, 6.45) is 6.05. The van der Waals surface area contributed by atoms with Gasteiger partial charge in [-0.3, -0.25) is 14.3 Å². The highest BCUT2D eigenvalue weighted by Crippen LogP contribution is 2.55. The molecule has 6 nitrogen and oxygen atoms in total. The van der Waals surface area contributed by atoms with Crippen LogP contribution in [0.1, 0.15) is 62.9 Å². The van der Waals surface area contributed by atoms with E-state index in [9.17, 15) is 9.59 Å². The van der Waals surface area contributed by atoms with Crippen molar-refractivity contribution in [3.63, 3.8) is 0 Å². The minimum absolute atomic E-state index is 0.00970. The van der Waals surface area contributed by atoms with E-state index >= 15 is 0 Å². The van der Waals surface area contributed by atoms with Gasteiger partial charge in [-0.15, -0.1) is 0 Å². The van der Waals surface area contributed by atoms with Crippen LogP contribution in [-0.2, 0) is 22.6 Å². The molecule has 3 aliphatic rings. The molecule has 1 saturated carbocycles. The van der Waals surface area contributed by atoms with E-state index in [1.807, 2.05) is 30.7 Å². The number of aromatic nitrogens is 2. The Morgan fingerprint density at radius 3 is 2.33 bits per heavy atom. The molecule has 2 amide bonds. The number of hydrogen-bond acceptors (Lipinski definition) is 3. The molecule has 3 fully saturated rings. The lowest BCUT2D eigenvalue weighted by Gasteiger charge is -2.50. The fraction of sp³-hybridized carbons (Fsp3) is 0.593. The van der Waals surface area contributed by atoms with Crippen molar-refractivity contribution in [2.45, 2.75) is 96.9 Å². The highest BCUT2D eigenvalue weighted by atomic mass is 16.2. The predicted octanol–water partition coefficient (Wildman–Crippen LogP) is 3.89. The summed E-state index contributed by atoms with van der Waals surface area (Å²) >= 11 is 0. The van der Waals surface area contributed by atoms with Gasteiger partial charge >= 0.3 is 0 Å². The number of likely N-dealkylation sites (tertiary alicyclic amines) is 2. The number of nitrogens with zero attached hydrogens (tertiary/aromatic N) is 4. The summed E-state index contributed by atoms with van der Waals surface area (Å²) in [6, 6.07) is 12.9. The second-order valence-corrected chi connectivity index (χ2v) is 10.7. The van der Waals surface area contributed by atoms with E-state index in [-0.39, 0.29) is 47.9 Å². The standard InChI is InChI=1S/C27H36N4O2/c1-18-14-19(2)29(28-18)17-26(33)31-23-16-27(4)24(12-8-9-13-25(27)31)30(20(3)32)22(23)15-21-10-6-5-7-11-21/h5-7,10-11,14,22-25H,8-9,12-13,15-17H2,1-4H3/t22-,23+,24-,25+,27-/m1/s1. The number of carbonyl (C=O) groups excluding carboxylic acids is 2. The van der Waals surface area contributed by atoms with Gasteiger partial charge in [0, 0.05) is 30.1 Å². The molecule has 6 heteroatoms. The minimum Gasteiger partial charge on any atom is -0.334 e. The lowest BCUT2D eigenvalue weighted by atomic mass is 9.69. The zero-order valence-corrected chi connectivity index (χ0v) is 20.3. The number of carbonyl (C=O) groups is 2. The monoisotopic (exact) mass is 448 g/mol. The van der Waals surface area contributed by atoms with E-state index < -0.39 is 0 Å². The van der Waals surface area contributed by atoms with Crippen molar-refractivity contribution in [1.82, 2.24) is 19.6 Å². The zero-order valence-electron chi connectivity index (χ0n) is 20.3. The number of hydrogen-bond donors (Lipinski definition) is 0. The van der Waals surface area contributed by atoms with Crippen molar-refractivity contribution in [2.24, 2.45) is 5.41 Å². The third-order valence-corrected chi connectivity index (χ3v) is 8.53. The molecule has 2 aliphatic heterocycles. The van der Waals surface area contributed by atoms with Gasteiger partial charge < -0.3 is 9.80 Å². The van der Waals surface area contributed by atoms with Crippen LogP contribution in [0.15, 0.2) is 36.4 Å². The van der Waals surface area contributed by atoms with E-state index in [0.29, 0.717) is 0 Å². The minimum atomic E-state index is -0.0508. The number of rotatable bonds is 4. The van der Waals surface area contributed by atoms with Crippen LogP contribution in [0.2, 0.25) is 0 Å². The highest BCUT2D eigenvalue weighted by Gasteiger charge is 2.63. The molecule has 0 N–H and O–H groups in total. The fourth-order valence-electron chi connectivity index (χ4n) is 7.21. The molecule has 33 heavy (non-hydrogen) atoms. The van der Waals surface area contributed by atoms with Crippen molar-refractivity contribution in [2.75, 3.05) is 0 Å². The average molecular weight is 449 g/mol. The van der Waals surface area contributed by atoms with Crippen molar-refractivity contribution >= 4 is 11.8 Å². The quantitative estimate of drug-likeness (QED) is 0.713. The summed E-state index contributed by atoms with van der Waals surface area (Å²) in [6.45, 7) is 8.30. The Labute approximate surface area is 196 Å². The molecule has 0 spiro atoms. The molecule has 0 unspecified atom stereocenters. The molecular weight excluding hydrogens is 412 g/mol. The molecule has 1 aromatic heterocycles. The van der Waals surface area contributed by atoms with E-state index in [2.05, 4.69) is 46.1 Å². The molecular formula is C27H36N4O2. The van der Waals surface area contributed by atoms with Gasteiger partial charge in [0.25, 0.3) is 0 Å². The van der Waals surface area contributed by atoms with Gasteiger partial charge in [0.15, 0.2) is 0 Å². The zero-order chi connectivity index (χ0) is 23.3. The maximum absolute atomic E-state index is 13.9. The van der Waals surface area contributed by atoms with Gasteiger partial charge in [-0.1, -0.05) is 50.1 Å². The smallest absolute Gasteiger partial charge is 0.244 e. The Balaban J connectivity index is 1.55. The number of amides is 2. The first kappa shape index (κ1) is 22.2. The molecule has 2 aromatic rings. The average Bonchev–Trinajstić information content (AvgIpc) is 3.16. The molecule has 1 aliphatic carbocycles. The van der Waals surface area contributed by atoms with E-state index in [1.54, 1.807) is 6.92 Å². The Morgan fingerprint density at radius 2 is 1.73 bits per heavy atom. The summed E-state index contributed by atoms with van der Waals surface area (Å²) in [5.41, 5.74) is 3.12. The number of aryl methyl sites for hydroxylation is 2. The van der Waals surface area contributed by atoms with Crippen LogP contribution in [0.25, 0.3) is 0 Å². The van der Waals surface area contributed by atoms with Crippen LogP contribution < -0.4 is 0 Å². The van der Waals surface area contributed by atoms with E-state index in [1.165, 1.54) is 5.56 Å². The molecule has 2 bridgehead atoms. The molecule has 5 atom stereocenters. The third kappa shape index (κ3) is 3.68. The van der Waals surface area contributed by atoms with Crippen molar-refractivity contribution in [3.8, 4) is 0 Å². The lowest BCUT2D eigenvalue weighted by molar-refractivity contribution is -0.143. The molecule has 5 rings (SSSR count). The van der Waals surface area contributed by atoms with Crippen LogP contribution in [-0.4, -0.2) is 55.6 Å². The van der Waals surface area contributed by atoms with Crippen molar-refractivity contribution in [3.05, 3.63) is 53.3 Å². The number of fused-ring (bicyclic) bond motifs is 1. The van der Waals surface area contributed by atoms with Crippen LogP contribution in [0, 0.1) is 19.3 Å². The van der Waals surface area contributed by atoms with Gasteiger partial charge in [0.1, 0.15) is 6.54 Å². The Morgan fingerprint density at radius 1 is 1.06 bits per heavy atom. The SMILES string of the molecule is CC(=O)N1[C@H](Cc2ccccc2)[C@@H]2C[C@@]3(C)[C@H](CCCC[C@@H]13)N2C(=O)Cn1nc(C)cc1C. The summed E-state index contributed by atoms with van der Waals surface area (Å²) in [4.78, 5) is 31.4. The molecule has 3 heterocycles. The van der Waals surface area contributed by atoms with Gasteiger partial charge in [-0.2, -0.15) is 5.10 Å². The van der Waals surface area contributed by atoms with E-state index in [4.69, 9.17) is 0 Å². The molecule has 0 radical (unpaired) electrons. The topological polar surface area (TPSA) is 58.4 Å². The van der Waals surface area contributed by atoms with Crippen LogP contribution in [0.3, 0.4) is 0 Å². The Bertz CT molecular complexity index is 1050. The first-order valence-electron chi connectivity index (χ1n) is 12.4. The van der Waals surface area contributed by atoms with Crippen LogP contribution in [0.5, 0.6) is 0 Å². The molecule has 176 valence electrons. The summed E-state index contributed by atoms with van der Waals surface area (Å²) < 4.78 is 1.84. The third-order valence-electron chi connectivity index (χ3n) is 8.53. The molecule has 1 aromatic carbocycles. The Hall–Kier alpha value is -2.63. The number of piperidine rings is 1. The first-order chi connectivity index (χ1) is 15.8. The second-order valence-electron chi connectivity index (χ2n) is 10.7. The van der Waals surface area contributed by atoms with Gasteiger partial charge in [0.2, 0.25) is 11.8 Å². The first-order valence-corrected chi connectivity index (χ1v) is 12.4. The van der Waals surface area contributed by atoms with Gasteiger partial charge in [-0.25, -0.2) is 0 Å². The van der Waals surface area contributed by atoms with Crippen LogP contribution >= 0.6 is 0 Å². The predicted molar refractivity (Wildman–Crippen MR) is 128 cm³/mol. The Kier molecular flexibility index (Phi) is 5.58. The summed E-state index contributed by atoms with van der Waals surface area (Å²) in [5.74, 6) is 0.286. The summed E-state index contributed by atoms with van der Waals surface area (Å²) in [7, 11) is 0. The summed E-state index contributed by atoms with van der Waals surface area (Å²) in [5, 5.41) is 4.56. The normalized spacial score (nSPS) is 30.9.